The lowest BCUT2D eigenvalue weighted by molar-refractivity contribution is -0.181. The van der Waals surface area contributed by atoms with Crippen molar-refractivity contribution in [2.24, 2.45) is 0 Å². The van der Waals surface area contributed by atoms with Crippen molar-refractivity contribution < 1.29 is 23.0 Å². The predicted molar refractivity (Wildman–Crippen MR) is 55.8 cm³/mol. The highest BCUT2D eigenvalue weighted by molar-refractivity contribution is 5.79. The monoisotopic (exact) mass is 241 g/mol. The van der Waals surface area contributed by atoms with Gasteiger partial charge in [0.25, 0.3) is 0 Å². The predicted octanol–water partition coefficient (Wildman–Crippen LogP) is 2.20. The van der Waals surface area contributed by atoms with Crippen LogP contribution >= 0.6 is 0 Å². The van der Waals surface area contributed by atoms with Crippen molar-refractivity contribution in [3.05, 3.63) is 36.2 Å². The Morgan fingerprint density at radius 3 is 2.82 bits per heavy atom. The molecule has 1 radical (unpaired) electrons. The second-order valence-corrected chi connectivity index (χ2v) is 3.59. The Labute approximate surface area is 97.3 Å². The largest absolute Gasteiger partial charge is 0.482 e. The molecule has 1 aromatic carbocycles. The van der Waals surface area contributed by atoms with E-state index in [1.807, 2.05) is 0 Å². The number of esters is 1. The van der Waals surface area contributed by atoms with Crippen LogP contribution in [0.1, 0.15) is 12.5 Å². The van der Waals surface area contributed by atoms with Crippen LogP contribution in [0.15, 0.2) is 24.3 Å². The fourth-order valence-electron chi connectivity index (χ4n) is 1.58. The summed E-state index contributed by atoms with van der Waals surface area (Å²) in [5.74, 6) is -4.88. The highest BCUT2D eigenvalue weighted by atomic mass is 19.3. The van der Waals surface area contributed by atoms with E-state index in [-0.39, 0.29) is 6.61 Å². The van der Waals surface area contributed by atoms with Gasteiger partial charge in [-0.15, -0.1) is 0 Å². The van der Waals surface area contributed by atoms with Crippen LogP contribution in [0, 0.1) is 6.42 Å². The molecule has 0 saturated carbocycles. The van der Waals surface area contributed by atoms with Gasteiger partial charge in [0, 0.05) is 12.0 Å². The summed E-state index contributed by atoms with van der Waals surface area (Å²) in [5, 5.41) is 0. The topological polar surface area (TPSA) is 35.5 Å². The van der Waals surface area contributed by atoms with Crippen molar-refractivity contribution in [2.75, 3.05) is 6.61 Å². The van der Waals surface area contributed by atoms with Gasteiger partial charge < -0.3 is 9.47 Å². The molecule has 1 aliphatic rings. The number of halogens is 2. The maximum Gasteiger partial charge on any atom is 0.381 e. The van der Waals surface area contributed by atoms with Crippen LogP contribution in [-0.4, -0.2) is 24.6 Å². The normalized spacial score (nSPS) is 18.4. The molecule has 0 N–H and O–H groups in total. The van der Waals surface area contributed by atoms with E-state index in [2.05, 4.69) is 4.74 Å². The minimum absolute atomic E-state index is 0.0892. The van der Waals surface area contributed by atoms with Crippen molar-refractivity contribution in [2.45, 2.75) is 19.0 Å². The van der Waals surface area contributed by atoms with Crippen molar-refractivity contribution in [1.82, 2.24) is 0 Å². The van der Waals surface area contributed by atoms with Gasteiger partial charge in [0.1, 0.15) is 5.75 Å². The average Bonchev–Trinajstić information content (AvgIpc) is 2.73. The van der Waals surface area contributed by atoms with Gasteiger partial charge in [-0.25, -0.2) is 4.79 Å². The number of ether oxygens (including phenoxy) is 2. The maximum absolute atomic E-state index is 13.6. The summed E-state index contributed by atoms with van der Waals surface area (Å²) < 4.78 is 36.6. The summed E-state index contributed by atoms with van der Waals surface area (Å²) in [5.41, 5.74) is 0.557. The van der Waals surface area contributed by atoms with Crippen molar-refractivity contribution in [1.29, 1.82) is 0 Å². The Kier molecular flexibility index (Phi) is 3.00. The van der Waals surface area contributed by atoms with Gasteiger partial charge in [-0.2, -0.15) is 8.78 Å². The molecular formula is C12H11F2O3. The molecule has 1 aromatic rings. The van der Waals surface area contributed by atoms with Crippen molar-refractivity contribution >= 4 is 5.97 Å². The van der Waals surface area contributed by atoms with E-state index in [4.69, 9.17) is 4.74 Å². The summed E-state index contributed by atoms with van der Waals surface area (Å²) in [7, 11) is 0. The second kappa shape index (κ2) is 4.31. The zero-order chi connectivity index (χ0) is 12.5. The van der Waals surface area contributed by atoms with Crippen LogP contribution in [-0.2, 0) is 9.53 Å². The number of carbonyl (C=O) groups is 1. The van der Waals surface area contributed by atoms with Gasteiger partial charge in [0.05, 0.1) is 6.61 Å². The number of benzene rings is 1. The minimum Gasteiger partial charge on any atom is -0.482 e. The van der Waals surface area contributed by atoms with Crippen LogP contribution in [0.3, 0.4) is 0 Å². The summed E-state index contributed by atoms with van der Waals surface area (Å²) in [4.78, 5) is 11.1. The number of para-hydroxylation sites is 1. The third kappa shape index (κ3) is 2.09. The molecule has 1 heterocycles. The average molecular weight is 241 g/mol. The summed E-state index contributed by atoms with van der Waals surface area (Å²) >= 11 is 0. The first kappa shape index (κ1) is 11.8. The summed E-state index contributed by atoms with van der Waals surface area (Å²) in [6.45, 7) is 1.38. The van der Waals surface area contributed by atoms with E-state index in [1.165, 1.54) is 13.3 Å². The number of fused-ring (bicyclic) bond motifs is 1. The first-order valence-corrected chi connectivity index (χ1v) is 5.21. The highest BCUT2D eigenvalue weighted by Crippen LogP contribution is 2.37. The van der Waals surface area contributed by atoms with Crippen LogP contribution < -0.4 is 4.74 Å². The SMILES string of the molecule is CCOC(=O)C(F)(F)C1[CH]c2ccccc2O1. The summed E-state index contributed by atoms with van der Waals surface area (Å²) in [6.07, 6.45) is -0.370. The summed E-state index contributed by atoms with van der Waals surface area (Å²) in [6, 6.07) is 6.62. The number of hydrogen-bond acceptors (Lipinski definition) is 3. The molecule has 1 unspecified atom stereocenters. The molecule has 3 nitrogen and oxygen atoms in total. The van der Waals surface area contributed by atoms with Gasteiger partial charge >= 0.3 is 11.9 Å². The maximum atomic E-state index is 13.6. The highest BCUT2D eigenvalue weighted by Gasteiger charge is 2.53. The first-order valence-electron chi connectivity index (χ1n) is 5.21. The van der Waals surface area contributed by atoms with Crippen LogP contribution in [0.2, 0.25) is 0 Å². The number of hydrogen-bond donors (Lipinski definition) is 0. The standard InChI is InChI=1S/C12H11F2O3/c1-2-16-11(15)12(13,14)10-7-8-5-3-4-6-9(8)17-10/h3-7,10H,2H2,1H3. The quantitative estimate of drug-likeness (QED) is 0.761. The molecule has 0 bridgehead atoms. The smallest absolute Gasteiger partial charge is 0.381 e. The molecule has 1 aliphatic heterocycles. The van der Waals surface area contributed by atoms with E-state index in [0.717, 1.165) is 0 Å². The third-order valence-corrected chi connectivity index (χ3v) is 2.41. The molecule has 5 heteroatoms. The lowest BCUT2D eigenvalue weighted by Crippen LogP contribution is -2.44. The number of carbonyl (C=O) groups excluding carboxylic acids is 1. The molecule has 91 valence electrons. The number of alkyl halides is 2. The minimum atomic E-state index is -3.67. The first-order chi connectivity index (χ1) is 8.05. The number of rotatable bonds is 3. The lowest BCUT2D eigenvalue weighted by Gasteiger charge is -2.20. The zero-order valence-corrected chi connectivity index (χ0v) is 9.15. The molecule has 1 atom stereocenters. The van der Waals surface area contributed by atoms with Gasteiger partial charge in [0.2, 0.25) is 0 Å². The Bertz CT molecular complexity index is 407. The van der Waals surface area contributed by atoms with E-state index < -0.39 is 18.0 Å². The van der Waals surface area contributed by atoms with E-state index >= 15 is 0 Å². The molecule has 0 aliphatic carbocycles. The van der Waals surface area contributed by atoms with Gasteiger partial charge in [-0.1, -0.05) is 18.2 Å². The fourth-order valence-corrected chi connectivity index (χ4v) is 1.58. The molecule has 2 rings (SSSR count). The molecule has 0 amide bonds. The molecule has 17 heavy (non-hydrogen) atoms. The molecule has 0 aromatic heterocycles. The van der Waals surface area contributed by atoms with Crippen molar-refractivity contribution in [3.8, 4) is 5.75 Å². The lowest BCUT2D eigenvalue weighted by atomic mass is 10.1. The van der Waals surface area contributed by atoms with Crippen molar-refractivity contribution in [3.63, 3.8) is 0 Å². The Morgan fingerprint density at radius 1 is 1.47 bits per heavy atom. The van der Waals surface area contributed by atoms with Gasteiger partial charge in [-0.3, -0.25) is 0 Å². The van der Waals surface area contributed by atoms with Crippen LogP contribution in [0.25, 0.3) is 0 Å². The van der Waals surface area contributed by atoms with Crippen LogP contribution in [0.5, 0.6) is 5.75 Å². The zero-order valence-electron chi connectivity index (χ0n) is 9.15. The fraction of sp³-hybridized carbons (Fsp3) is 0.333. The second-order valence-electron chi connectivity index (χ2n) is 3.59. The molecular weight excluding hydrogens is 230 g/mol. The third-order valence-electron chi connectivity index (χ3n) is 2.41. The Balaban J connectivity index is 2.14. The van der Waals surface area contributed by atoms with Crippen LogP contribution in [0.4, 0.5) is 8.78 Å². The molecule has 0 saturated heterocycles. The van der Waals surface area contributed by atoms with E-state index in [1.54, 1.807) is 24.3 Å². The van der Waals surface area contributed by atoms with Gasteiger partial charge in [-0.05, 0) is 13.0 Å². The van der Waals surface area contributed by atoms with E-state index in [9.17, 15) is 13.6 Å². The Hall–Kier alpha value is -1.65. The molecule has 0 spiro atoms. The molecule has 0 fully saturated rings. The Morgan fingerprint density at radius 2 is 2.18 bits per heavy atom. The van der Waals surface area contributed by atoms with Gasteiger partial charge in [0.15, 0.2) is 6.10 Å². The van der Waals surface area contributed by atoms with E-state index in [0.29, 0.717) is 11.3 Å².